The van der Waals surface area contributed by atoms with Gasteiger partial charge >= 0.3 is 0 Å². The molecule has 0 spiro atoms. The van der Waals surface area contributed by atoms with Crippen LogP contribution in [-0.2, 0) is 6.42 Å². The Morgan fingerprint density at radius 2 is 2.00 bits per heavy atom. The van der Waals surface area contributed by atoms with E-state index in [0.717, 1.165) is 18.5 Å². The molecule has 0 radical (unpaired) electrons. The average Bonchev–Trinajstić information content (AvgIpc) is 2.89. The van der Waals surface area contributed by atoms with Crippen LogP contribution in [0.5, 0.6) is 0 Å². The molecule has 100 valence electrons. The second-order valence-electron chi connectivity index (χ2n) is 4.55. The summed E-state index contributed by atoms with van der Waals surface area (Å²) < 4.78 is 1.63. The van der Waals surface area contributed by atoms with Crippen molar-refractivity contribution in [2.45, 2.75) is 25.8 Å². The Hall–Kier alpha value is -2.14. The van der Waals surface area contributed by atoms with Gasteiger partial charge in [0.2, 0.25) is 0 Å². The van der Waals surface area contributed by atoms with Crippen LogP contribution < -0.4 is 11.5 Å². The Kier molecular flexibility index (Phi) is 3.97. The van der Waals surface area contributed by atoms with E-state index in [0.29, 0.717) is 0 Å². The molecule has 5 heteroatoms. The van der Waals surface area contributed by atoms with E-state index in [1.165, 1.54) is 5.56 Å². The van der Waals surface area contributed by atoms with Gasteiger partial charge in [-0.25, -0.2) is 4.68 Å². The minimum Gasteiger partial charge on any atom is -0.364 e. The van der Waals surface area contributed by atoms with Crippen LogP contribution in [0.2, 0.25) is 0 Å². The van der Waals surface area contributed by atoms with Crippen molar-refractivity contribution in [3.8, 4) is 5.69 Å². The van der Waals surface area contributed by atoms with Crippen molar-refractivity contribution in [1.82, 2.24) is 9.78 Å². The highest BCUT2D eigenvalue weighted by Crippen LogP contribution is 2.11. The van der Waals surface area contributed by atoms with Crippen molar-refractivity contribution in [2.75, 3.05) is 0 Å². The smallest absolute Gasteiger partial charge is 0.269 e. The highest BCUT2D eigenvalue weighted by molar-refractivity contribution is 5.90. The number of primary amides is 1. The minimum absolute atomic E-state index is 0.192. The number of amides is 1. The molecule has 1 amide bonds. The van der Waals surface area contributed by atoms with Crippen LogP contribution in [0.3, 0.4) is 0 Å². The van der Waals surface area contributed by atoms with Gasteiger partial charge in [-0.05, 0) is 36.6 Å². The summed E-state index contributed by atoms with van der Waals surface area (Å²) >= 11 is 0. The zero-order chi connectivity index (χ0) is 13.8. The summed E-state index contributed by atoms with van der Waals surface area (Å²) in [7, 11) is 0. The van der Waals surface area contributed by atoms with Crippen LogP contribution >= 0.6 is 0 Å². The van der Waals surface area contributed by atoms with Gasteiger partial charge in [-0.2, -0.15) is 5.10 Å². The van der Waals surface area contributed by atoms with Gasteiger partial charge in [0.05, 0.1) is 5.69 Å². The van der Waals surface area contributed by atoms with Crippen molar-refractivity contribution >= 4 is 5.91 Å². The van der Waals surface area contributed by atoms with Crippen LogP contribution in [0, 0.1) is 0 Å². The second kappa shape index (κ2) is 5.67. The lowest BCUT2D eigenvalue weighted by atomic mass is 10.0. The van der Waals surface area contributed by atoms with E-state index >= 15 is 0 Å². The number of hydrogen-bond donors (Lipinski definition) is 2. The van der Waals surface area contributed by atoms with Crippen molar-refractivity contribution in [2.24, 2.45) is 11.5 Å². The SMILES string of the molecule is CCC(N)Cc1ccc(-n2ccc(C(N)=O)n2)cc1. The second-order valence-corrected chi connectivity index (χ2v) is 4.55. The van der Waals surface area contributed by atoms with Gasteiger partial charge in [-0.3, -0.25) is 4.79 Å². The zero-order valence-corrected chi connectivity index (χ0v) is 10.9. The van der Waals surface area contributed by atoms with E-state index in [1.807, 2.05) is 24.3 Å². The first kappa shape index (κ1) is 13.3. The Bertz CT molecular complexity index is 559. The molecule has 0 aliphatic carbocycles. The maximum Gasteiger partial charge on any atom is 0.269 e. The molecule has 0 bridgehead atoms. The summed E-state index contributed by atoms with van der Waals surface area (Å²) in [5.74, 6) is -0.524. The minimum atomic E-state index is -0.524. The first-order valence-corrected chi connectivity index (χ1v) is 6.30. The van der Waals surface area contributed by atoms with Crippen molar-refractivity contribution in [1.29, 1.82) is 0 Å². The summed E-state index contributed by atoms with van der Waals surface area (Å²) in [4.78, 5) is 11.0. The first-order valence-electron chi connectivity index (χ1n) is 6.30. The predicted molar refractivity (Wildman–Crippen MR) is 74.1 cm³/mol. The Labute approximate surface area is 112 Å². The van der Waals surface area contributed by atoms with Gasteiger partial charge < -0.3 is 11.5 Å². The maximum atomic E-state index is 11.0. The van der Waals surface area contributed by atoms with Gasteiger partial charge in [0.15, 0.2) is 0 Å². The normalized spacial score (nSPS) is 12.3. The summed E-state index contributed by atoms with van der Waals surface area (Å²) in [5.41, 5.74) is 13.4. The molecule has 1 aromatic carbocycles. The Balaban J connectivity index is 2.15. The molecule has 1 heterocycles. The highest BCUT2D eigenvalue weighted by Gasteiger charge is 2.06. The average molecular weight is 258 g/mol. The molecule has 0 aliphatic rings. The molecule has 0 saturated heterocycles. The molecule has 5 nitrogen and oxygen atoms in total. The van der Waals surface area contributed by atoms with E-state index in [2.05, 4.69) is 12.0 Å². The molecule has 0 saturated carbocycles. The lowest BCUT2D eigenvalue weighted by Gasteiger charge is -2.09. The maximum absolute atomic E-state index is 11.0. The molecular weight excluding hydrogens is 240 g/mol. The van der Waals surface area contributed by atoms with E-state index in [4.69, 9.17) is 11.5 Å². The summed E-state index contributed by atoms with van der Waals surface area (Å²) in [6, 6.07) is 9.75. The predicted octanol–water partition coefficient (Wildman–Crippen LogP) is 1.25. The number of rotatable bonds is 5. The molecule has 1 unspecified atom stereocenters. The monoisotopic (exact) mass is 258 g/mol. The Morgan fingerprint density at radius 3 is 2.53 bits per heavy atom. The van der Waals surface area contributed by atoms with Gasteiger partial charge in [0.1, 0.15) is 5.69 Å². The molecule has 1 aromatic heterocycles. The van der Waals surface area contributed by atoms with Gasteiger partial charge in [0, 0.05) is 12.2 Å². The fraction of sp³-hybridized carbons (Fsp3) is 0.286. The fourth-order valence-electron chi connectivity index (χ4n) is 1.83. The third kappa shape index (κ3) is 3.20. The lowest BCUT2D eigenvalue weighted by Crippen LogP contribution is -2.21. The van der Waals surface area contributed by atoms with E-state index in [-0.39, 0.29) is 11.7 Å². The molecule has 2 rings (SSSR count). The van der Waals surface area contributed by atoms with Crippen LogP contribution in [0.4, 0.5) is 0 Å². The van der Waals surface area contributed by atoms with Gasteiger partial charge in [0.25, 0.3) is 5.91 Å². The topological polar surface area (TPSA) is 86.9 Å². The number of hydrogen-bond acceptors (Lipinski definition) is 3. The van der Waals surface area contributed by atoms with E-state index in [1.54, 1.807) is 16.9 Å². The number of aromatic nitrogens is 2. The summed E-state index contributed by atoms with van der Waals surface area (Å²) in [6.07, 6.45) is 3.54. The van der Waals surface area contributed by atoms with E-state index in [9.17, 15) is 4.79 Å². The van der Waals surface area contributed by atoms with Crippen molar-refractivity contribution in [3.63, 3.8) is 0 Å². The number of nitrogens with zero attached hydrogens (tertiary/aromatic N) is 2. The zero-order valence-electron chi connectivity index (χ0n) is 10.9. The van der Waals surface area contributed by atoms with Gasteiger partial charge in [-0.1, -0.05) is 19.1 Å². The van der Waals surface area contributed by atoms with E-state index < -0.39 is 5.91 Å². The fourth-order valence-corrected chi connectivity index (χ4v) is 1.83. The largest absolute Gasteiger partial charge is 0.364 e. The molecule has 1 atom stereocenters. The Morgan fingerprint density at radius 1 is 1.32 bits per heavy atom. The lowest BCUT2D eigenvalue weighted by molar-refractivity contribution is 0.0995. The summed E-state index contributed by atoms with van der Waals surface area (Å²) in [6.45, 7) is 2.08. The third-order valence-electron chi connectivity index (χ3n) is 3.06. The number of carbonyl (C=O) groups is 1. The number of carbonyl (C=O) groups excluding carboxylic acids is 1. The molecule has 0 aliphatic heterocycles. The van der Waals surface area contributed by atoms with Crippen molar-refractivity contribution < 1.29 is 4.79 Å². The number of benzene rings is 1. The molecule has 4 N–H and O–H groups in total. The molecule has 19 heavy (non-hydrogen) atoms. The quantitative estimate of drug-likeness (QED) is 0.846. The first-order chi connectivity index (χ1) is 9.10. The third-order valence-corrected chi connectivity index (χ3v) is 3.06. The number of nitrogens with two attached hydrogens (primary N) is 2. The van der Waals surface area contributed by atoms with Crippen LogP contribution in [0.1, 0.15) is 29.4 Å². The van der Waals surface area contributed by atoms with Crippen LogP contribution in [0.25, 0.3) is 5.69 Å². The van der Waals surface area contributed by atoms with Crippen molar-refractivity contribution in [3.05, 3.63) is 47.8 Å². The molecule has 0 fully saturated rings. The standard InChI is InChI=1S/C14H18N4O/c1-2-11(15)9-10-3-5-12(6-4-10)18-8-7-13(17-18)14(16)19/h3-8,11H,2,9,15H2,1H3,(H2,16,19). The van der Waals surface area contributed by atoms with Crippen LogP contribution in [-0.4, -0.2) is 21.7 Å². The summed E-state index contributed by atoms with van der Waals surface area (Å²) in [5, 5.41) is 4.10. The van der Waals surface area contributed by atoms with Gasteiger partial charge in [-0.15, -0.1) is 0 Å². The highest BCUT2D eigenvalue weighted by atomic mass is 16.1. The molecular formula is C14H18N4O. The molecule has 2 aromatic rings. The van der Waals surface area contributed by atoms with Crippen LogP contribution in [0.15, 0.2) is 36.5 Å².